The predicted molar refractivity (Wildman–Crippen MR) is 58.4 cm³/mol. The Hall–Kier alpha value is -0.360. The van der Waals surface area contributed by atoms with Gasteiger partial charge < -0.3 is 46.0 Å². The third-order valence-corrected chi connectivity index (χ3v) is 1.98. The molecule has 0 aliphatic heterocycles. The fourth-order valence-corrected chi connectivity index (χ4v) is 0.716. The summed E-state index contributed by atoms with van der Waals surface area (Å²) in [5.41, 5.74) is 0. The summed E-state index contributed by atoms with van der Waals surface area (Å²) in [5, 5.41) is 75.7. The van der Waals surface area contributed by atoms with E-state index in [0.717, 1.165) is 0 Å². The molecule has 0 aromatic rings. The topological polar surface area (TPSA) is 182 Å². The summed E-state index contributed by atoms with van der Waals surface area (Å²) in [4.78, 5) is 0. The fourth-order valence-electron chi connectivity index (χ4n) is 0.716. The average molecular weight is 274 g/mol. The molecule has 1 unspecified atom stereocenters. The highest BCUT2D eigenvalue weighted by molar-refractivity contribution is 4.73. The van der Waals surface area contributed by atoms with E-state index >= 15 is 0 Å². The second kappa shape index (κ2) is 11.7. The molecule has 0 amide bonds. The van der Waals surface area contributed by atoms with E-state index in [9.17, 15) is 0 Å². The normalized spacial score (nSPS) is 19.2. The van der Waals surface area contributed by atoms with Crippen LogP contribution in [0.2, 0.25) is 0 Å². The molecule has 0 fully saturated rings. The van der Waals surface area contributed by atoms with Crippen LogP contribution in [-0.4, -0.2) is 103 Å². The van der Waals surface area contributed by atoms with Crippen LogP contribution in [0.15, 0.2) is 0 Å². The molecule has 0 aliphatic rings. The third-order valence-electron chi connectivity index (χ3n) is 1.98. The first-order valence-electron chi connectivity index (χ1n) is 5.19. The molecule has 9 heteroatoms. The molecule has 0 aromatic carbocycles. The van der Waals surface area contributed by atoms with Gasteiger partial charge in [-0.1, -0.05) is 0 Å². The maximum atomic E-state index is 8.77. The van der Waals surface area contributed by atoms with Crippen LogP contribution in [-0.2, 0) is 0 Å². The van der Waals surface area contributed by atoms with Gasteiger partial charge in [0, 0.05) is 0 Å². The zero-order chi connectivity index (χ0) is 14.7. The van der Waals surface area contributed by atoms with Gasteiger partial charge in [0.15, 0.2) is 0 Å². The van der Waals surface area contributed by atoms with Gasteiger partial charge in [0.25, 0.3) is 0 Å². The van der Waals surface area contributed by atoms with E-state index in [1.165, 1.54) is 0 Å². The first-order valence-corrected chi connectivity index (χ1v) is 5.19. The fraction of sp³-hybridized carbons (Fsp3) is 1.00. The Morgan fingerprint density at radius 3 is 0.833 bits per heavy atom. The highest BCUT2D eigenvalue weighted by Gasteiger charge is 2.22. The SMILES string of the molecule is OC[C@@H](O)C(O)[C@@H](O)CO.OC[C@@H](O)[C@@H](O)CO. The molecule has 0 aromatic heterocycles. The van der Waals surface area contributed by atoms with Crippen molar-refractivity contribution < 1.29 is 46.0 Å². The van der Waals surface area contributed by atoms with E-state index in [1.807, 2.05) is 0 Å². The van der Waals surface area contributed by atoms with E-state index < -0.39 is 56.9 Å². The Kier molecular flexibility index (Phi) is 13.0. The van der Waals surface area contributed by atoms with Crippen LogP contribution in [0, 0.1) is 0 Å². The largest absolute Gasteiger partial charge is 0.394 e. The number of rotatable bonds is 7. The highest BCUT2D eigenvalue weighted by atomic mass is 16.4. The van der Waals surface area contributed by atoms with E-state index in [0.29, 0.717) is 0 Å². The van der Waals surface area contributed by atoms with Gasteiger partial charge in [0.1, 0.15) is 30.5 Å². The lowest BCUT2D eigenvalue weighted by Gasteiger charge is -2.19. The van der Waals surface area contributed by atoms with E-state index in [-0.39, 0.29) is 0 Å². The third kappa shape index (κ3) is 8.69. The number of aliphatic hydroxyl groups is 9. The van der Waals surface area contributed by atoms with Crippen LogP contribution >= 0.6 is 0 Å². The maximum Gasteiger partial charge on any atom is 0.110 e. The van der Waals surface area contributed by atoms with Crippen molar-refractivity contribution in [3.63, 3.8) is 0 Å². The quantitative estimate of drug-likeness (QED) is 0.219. The molecule has 9 N–H and O–H groups in total. The van der Waals surface area contributed by atoms with Crippen LogP contribution in [0.25, 0.3) is 0 Å². The van der Waals surface area contributed by atoms with Gasteiger partial charge in [-0.05, 0) is 0 Å². The molecule has 0 bridgehead atoms. The first-order chi connectivity index (χ1) is 8.35. The van der Waals surface area contributed by atoms with Crippen molar-refractivity contribution in [1.82, 2.24) is 0 Å². The Labute approximate surface area is 104 Å². The Morgan fingerprint density at radius 2 is 0.667 bits per heavy atom. The molecule has 0 heterocycles. The summed E-state index contributed by atoms with van der Waals surface area (Å²) in [6, 6.07) is 0. The molecule has 18 heavy (non-hydrogen) atoms. The van der Waals surface area contributed by atoms with Crippen molar-refractivity contribution in [2.24, 2.45) is 0 Å². The van der Waals surface area contributed by atoms with Crippen molar-refractivity contribution in [2.75, 3.05) is 26.4 Å². The lowest BCUT2D eigenvalue weighted by molar-refractivity contribution is -0.0900. The molecular formula is C9H22O9. The minimum absolute atomic E-state index is 0.526. The molecule has 0 aliphatic carbocycles. The minimum atomic E-state index is -1.49. The summed E-state index contributed by atoms with van der Waals surface area (Å²) < 4.78 is 0. The van der Waals surface area contributed by atoms with Gasteiger partial charge >= 0.3 is 0 Å². The average Bonchev–Trinajstić information content (AvgIpc) is 2.43. The van der Waals surface area contributed by atoms with Crippen LogP contribution in [0.4, 0.5) is 0 Å². The molecule has 5 atom stereocenters. The summed E-state index contributed by atoms with van der Waals surface area (Å²) in [6.45, 7) is -2.33. The van der Waals surface area contributed by atoms with Crippen LogP contribution < -0.4 is 0 Å². The zero-order valence-corrected chi connectivity index (χ0v) is 9.74. The molecule has 0 saturated carbocycles. The molecule has 112 valence electrons. The van der Waals surface area contributed by atoms with Gasteiger partial charge in [-0.3, -0.25) is 0 Å². The smallest absolute Gasteiger partial charge is 0.110 e. The summed E-state index contributed by atoms with van der Waals surface area (Å²) >= 11 is 0. The molecule has 0 rings (SSSR count). The molecule has 0 radical (unpaired) electrons. The highest BCUT2D eigenvalue weighted by Crippen LogP contribution is 1.98. The zero-order valence-electron chi connectivity index (χ0n) is 9.74. The van der Waals surface area contributed by atoms with Gasteiger partial charge in [0.05, 0.1) is 26.4 Å². The predicted octanol–water partition coefficient (Wildman–Crippen LogP) is -5.25. The first kappa shape index (κ1) is 20.0. The van der Waals surface area contributed by atoms with Crippen molar-refractivity contribution in [3.05, 3.63) is 0 Å². The monoisotopic (exact) mass is 274 g/mol. The van der Waals surface area contributed by atoms with E-state index in [1.54, 1.807) is 0 Å². The number of hydrogen-bond donors (Lipinski definition) is 9. The standard InChI is InChI=1S/C5H12O5.C4H10O4/c6-1-3(8)5(10)4(9)2-7;5-1-3(7)4(8)2-6/h3-10H,1-2H2;3-8H,1-2H2/t3-,4+,5?;3-,4+. The molecule has 0 spiro atoms. The van der Waals surface area contributed by atoms with E-state index in [2.05, 4.69) is 0 Å². The molecule has 0 saturated heterocycles. The summed E-state index contributed by atoms with van der Waals surface area (Å²) in [7, 11) is 0. The van der Waals surface area contributed by atoms with Gasteiger partial charge in [-0.2, -0.15) is 0 Å². The van der Waals surface area contributed by atoms with Gasteiger partial charge in [-0.25, -0.2) is 0 Å². The van der Waals surface area contributed by atoms with Gasteiger partial charge in [-0.15, -0.1) is 0 Å². The van der Waals surface area contributed by atoms with Crippen molar-refractivity contribution in [1.29, 1.82) is 0 Å². The molecule has 9 nitrogen and oxygen atoms in total. The number of hydrogen-bond acceptors (Lipinski definition) is 9. The second-order valence-electron chi connectivity index (χ2n) is 3.49. The lowest BCUT2D eigenvalue weighted by atomic mass is 10.1. The summed E-state index contributed by atoms with van der Waals surface area (Å²) in [6.07, 6.45) is -6.74. The Balaban J connectivity index is 0. The van der Waals surface area contributed by atoms with E-state index in [4.69, 9.17) is 46.0 Å². The van der Waals surface area contributed by atoms with Crippen LogP contribution in [0.1, 0.15) is 0 Å². The van der Waals surface area contributed by atoms with Gasteiger partial charge in [0.2, 0.25) is 0 Å². The van der Waals surface area contributed by atoms with Crippen molar-refractivity contribution >= 4 is 0 Å². The minimum Gasteiger partial charge on any atom is -0.394 e. The van der Waals surface area contributed by atoms with Crippen molar-refractivity contribution in [3.8, 4) is 0 Å². The molecular weight excluding hydrogens is 252 g/mol. The lowest BCUT2D eigenvalue weighted by Crippen LogP contribution is -2.41. The van der Waals surface area contributed by atoms with Crippen molar-refractivity contribution in [2.45, 2.75) is 30.5 Å². The second-order valence-corrected chi connectivity index (χ2v) is 3.49. The van der Waals surface area contributed by atoms with Crippen LogP contribution in [0.5, 0.6) is 0 Å². The Morgan fingerprint density at radius 1 is 0.444 bits per heavy atom. The number of aliphatic hydroxyl groups excluding tert-OH is 9. The Bertz CT molecular complexity index is 161. The summed E-state index contributed by atoms with van der Waals surface area (Å²) in [5.74, 6) is 0. The maximum absolute atomic E-state index is 8.77. The van der Waals surface area contributed by atoms with Crippen LogP contribution in [0.3, 0.4) is 0 Å².